The summed E-state index contributed by atoms with van der Waals surface area (Å²) in [5.74, 6) is 1.76. The third-order valence-corrected chi connectivity index (χ3v) is 3.41. The molecule has 1 rings (SSSR count). The van der Waals surface area contributed by atoms with Gasteiger partial charge in [-0.1, -0.05) is 0 Å². The van der Waals surface area contributed by atoms with Gasteiger partial charge in [-0.15, -0.1) is 0 Å². The Kier molecular flexibility index (Phi) is 3.40. The molecule has 0 aromatic carbocycles. The normalized spacial score (nSPS) is 26.1. The lowest BCUT2D eigenvalue weighted by Gasteiger charge is -2.24. The van der Waals surface area contributed by atoms with Crippen LogP contribution in [0.25, 0.3) is 0 Å². The highest BCUT2D eigenvalue weighted by atomic mass is 32.2. The molecule has 0 aliphatic carbocycles. The highest BCUT2D eigenvalue weighted by Gasteiger charge is 2.32. The first-order valence-corrected chi connectivity index (χ1v) is 5.25. The fourth-order valence-electron chi connectivity index (χ4n) is 1.65. The number of carboxylic acids is 1. The summed E-state index contributed by atoms with van der Waals surface area (Å²) in [4.78, 5) is 12.7. The quantitative estimate of drug-likeness (QED) is 0.711. The number of nitrogens with zero attached hydrogens (tertiary/aromatic N) is 1. The van der Waals surface area contributed by atoms with Crippen molar-refractivity contribution in [1.29, 1.82) is 0 Å². The summed E-state index contributed by atoms with van der Waals surface area (Å²) >= 11 is 1.86. The number of rotatable bonds is 3. The third kappa shape index (κ3) is 2.14. The van der Waals surface area contributed by atoms with Gasteiger partial charge in [0.1, 0.15) is 6.04 Å². The Hall–Kier alpha value is -0.220. The zero-order valence-electron chi connectivity index (χ0n) is 7.49. The van der Waals surface area contributed by atoms with E-state index in [2.05, 4.69) is 0 Å². The van der Waals surface area contributed by atoms with E-state index in [0.717, 1.165) is 17.9 Å². The minimum Gasteiger partial charge on any atom is -0.480 e. The van der Waals surface area contributed by atoms with Crippen LogP contribution >= 0.6 is 11.8 Å². The van der Waals surface area contributed by atoms with Crippen LogP contribution in [-0.4, -0.2) is 47.6 Å². The topological polar surface area (TPSA) is 40.5 Å². The number of hydrogen-bond donors (Lipinski definition) is 1. The molecule has 1 aliphatic heterocycles. The van der Waals surface area contributed by atoms with Crippen molar-refractivity contribution in [2.24, 2.45) is 5.92 Å². The number of likely N-dealkylation sites (N-methyl/N-ethyl adjacent to an activating group) is 1. The smallest absolute Gasteiger partial charge is 0.321 e. The molecule has 1 fully saturated rings. The first-order valence-electron chi connectivity index (χ1n) is 4.10. The molecule has 0 bridgehead atoms. The Labute approximate surface area is 77.1 Å². The summed E-state index contributed by atoms with van der Waals surface area (Å²) in [6.07, 6.45) is 1.04. The van der Waals surface area contributed by atoms with E-state index in [4.69, 9.17) is 5.11 Å². The first-order chi connectivity index (χ1) is 5.63. The zero-order valence-corrected chi connectivity index (χ0v) is 8.30. The van der Waals surface area contributed by atoms with Gasteiger partial charge in [0.15, 0.2) is 0 Å². The van der Waals surface area contributed by atoms with Crippen molar-refractivity contribution < 1.29 is 9.90 Å². The molecule has 0 amide bonds. The number of aliphatic carboxylic acids is 1. The van der Waals surface area contributed by atoms with Crippen LogP contribution in [0.15, 0.2) is 0 Å². The molecule has 0 aromatic heterocycles. The zero-order chi connectivity index (χ0) is 9.14. The van der Waals surface area contributed by atoms with Crippen LogP contribution in [0.4, 0.5) is 0 Å². The number of carbonyl (C=O) groups is 1. The largest absolute Gasteiger partial charge is 0.480 e. The molecule has 2 unspecified atom stereocenters. The van der Waals surface area contributed by atoms with Gasteiger partial charge in [-0.05, 0) is 37.9 Å². The van der Waals surface area contributed by atoms with Crippen LogP contribution in [0.3, 0.4) is 0 Å². The first kappa shape index (κ1) is 9.86. The van der Waals surface area contributed by atoms with E-state index in [0.29, 0.717) is 5.92 Å². The molecule has 1 heterocycles. The van der Waals surface area contributed by atoms with Gasteiger partial charge < -0.3 is 5.11 Å². The molecule has 12 heavy (non-hydrogen) atoms. The summed E-state index contributed by atoms with van der Waals surface area (Å²) in [6.45, 7) is 0. The highest BCUT2D eigenvalue weighted by Crippen LogP contribution is 2.28. The highest BCUT2D eigenvalue weighted by molar-refractivity contribution is 7.99. The Morgan fingerprint density at radius 3 is 2.67 bits per heavy atom. The summed E-state index contributed by atoms with van der Waals surface area (Å²) in [5, 5.41) is 8.95. The number of thioether (sulfide) groups is 1. The lowest BCUT2D eigenvalue weighted by Crippen LogP contribution is -2.42. The van der Waals surface area contributed by atoms with E-state index in [-0.39, 0.29) is 6.04 Å². The molecule has 1 N–H and O–H groups in total. The van der Waals surface area contributed by atoms with Crippen LogP contribution in [0.5, 0.6) is 0 Å². The van der Waals surface area contributed by atoms with Crippen molar-refractivity contribution in [3.63, 3.8) is 0 Å². The van der Waals surface area contributed by atoms with Crippen LogP contribution in [0, 0.1) is 5.92 Å². The minimum absolute atomic E-state index is 0.292. The van der Waals surface area contributed by atoms with Crippen molar-refractivity contribution in [3.8, 4) is 0 Å². The maximum atomic E-state index is 10.9. The lowest BCUT2D eigenvalue weighted by molar-refractivity contribution is -0.144. The molecule has 0 aromatic rings. The fourth-order valence-corrected chi connectivity index (χ4v) is 2.93. The molecule has 3 nitrogen and oxygen atoms in total. The summed E-state index contributed by atoms with van der Waals surface area (Å²) < 4.78 is 0. The van der Waals surface area contributed by atoms with Crippen molar-refractivity contribution in [2.75, 3.05) is 25.6 Å². The van der Waals surface area contributed by atoms with Crippen LogP contribution in [0.1, 0.15) is 6.42 Å². The van der Waals surface area contributed by atoms with Gasteiger partial charge >= 0.3 is 5.97 Å². The molecule has 0 saturated carbocycles. The van der Waals surface area contributed by atoms with E-state index in [1.54, 1.807) is 4.90 Å². The van der Waals surface area contributed by atoms with E-state index in [1.807, 2.05) is 25.9 Å². The standard InChI is InChI=1S/C8H15NO2S/c1-9(2)7(8(10)11)6-3-4-12-5-6/h6-7H,3-5H2,1-2H3,(H,10,11). The minimum atomic E-state index is -0.687. The Morgan fingerprint density at radius 2 is 2.33 bits per heavy atom. The van der Waals surface area contributed by atoms with Crippen molar-refractivity contribution in [1.82, 2.24) is 4.90 Å². The number of hydrogen-bond acceptors (Lipinski definition) is 3. The fraction of sp³-hybridized carbons (Fsp3) is 0.875. The van der Waals surface area contributed by atoms with Crippen LogP contribution in [-0.2, 0) is 4.79 Å². The monoisotopic (exact) mass is 189 g/mol. The summed E-state index contributed by atoms with van der Waals surface area (Å²) in [5.41, 5.74) is 0. The van der Waals surface area contributed by atoms with Gasteiger partial charge in [0.25, 0.3) is 0 Å². The number of carboxylic acid groups (broad SMARTS) is 1. The predicted octanol–water partition coefficient (Wildman–Crippen LogP) is 0.754. The van der Waals surface area contributed by atoms with Crippen molar-refractivity contribution >= 4 is 17.7 Å². The van der Waals surface area contributed by atoms with E-state index in [9.17, 15) is 4.79 Å². The second-order valence-electron chi connectivity index (χ2n) is 3.37. The maximum Gasteiger partial charge on any atom is 0.321 e. The van der Waals surface area contributed by atoms with Gasteiger partial charge in [-0.3, -0.25) is 9.69 Å². The third-order valence-electron chi connectivity index (χ3n) is 2.22. The average Bonchev–Trinajstić information content (AvgIpc) is 2.37. The average molecular weight is 189 g/mol. The Morgan fingerprint density at radius 1 is 1.67 bits per heavy atom. The maximum absolute atomic E-state index is 10.9. The summed E-state index contributed by atoms with van der Waals surface area (Å²) in [6, 6.07) is -0.292. The molecule has 0 spiro atoms. The van der Waals surface area contributed by atoms with Crippen molar-refractivity contribution in [3.05, 3.63) is 0 Å². The van der Waals surface area contributed by atoms with Gasteiger partial charge in [0.2, 0.25) is 0 Å². The van der Waals surface area contributed by atoms with Crippen LogP contribution in [0.2, 0.25) is 0 Å². The van der Waals surface area contributed by atoms with Gasteiger partial charge in [0.05, 0.1) is 0 Å². The molecule has 0 radical (unpaired) electrons. The lowest BCUT2D eigenvalue weighted by atomic mass is 9.98. The van der Waals surface area contributed by atoms with Crippen molar-refractivity contribution in [2.45, 2.75) is 12.5 Å². The Bertz CT molecular complexity index is 166. The van der Waals surface area contributed by atoms with E-state index < -0.39 is 5.97 Å². The molecule has 1 saturated heterocycles. The molecule has 4 heteroatoms. The van der Waals surface area contributed by atoms with E-state index >= 15 is 0 Å². The Balaban J connectivity index is 2.58. The van der Waals surface area contributed by atoms with E-state index in [1.165, 1.54) is 0 Å². The molecule has 70 valence electrons. The second-order valence-corrected chi connectivity index (χ2v) is 4.52. The summed E-state index contributed by atoms with van der Waals surface area (Å²) in [7, 11) is 3.67. The molecular weight excluding hydrogens is 174 g/mol. The van der Waals surface area contributed by atoms with Gasteiger partial charge in [-0.25, -0.2) is 0 Å². The van der Waals surface area contributed by atoms with Gasteiger partial charge in [-0.2, -0.15) is 11.8 Å². The predicted molar refractivity (Wildman–Crippen MR) is 50.5 cm³/mol. The van der Waals surface area contributed by atoms with Gasteiger partial charge in [0, 0.05) is 0 Å². The molecular formula is C8H15NO2S. The molecule has 1 aliphatic rings. The van der Waals surface area contributed by atoms with Crippen LogP contribution < -0.4 is 0 Å². The SMILES string of the molecule is CN(C)C(C(=O)O)C1CCSC1. The molecule has 2 atom stereocenters. The second kappa shape index (κ2) is 4.14.